The van der Waals surface area contributed by atoms with Gasteiger partial charge in [-0.15, -0.1) is 0 Å². The van der Waals surface area contributed by atoms with Crippen LogP contribution in [0.2, 0.25) is 5.02 Å². The molecule has 2 N–H and O–H groups in total. The van der Waals surface area contributed by atoms with E-state index >= 15 is 0 Å². The predicted octanol–water partition coefficient (Wildman–Crippen LogP) is 3.38. The number of methoxy groups -OCH3 is 1. The van der Waals surface area contributed by atoms with Gasteiger partial charge in [0, 0.05) is 5.56 Å². The standard InChI is InChI=1S/C21H17ClN6O4S/c1-32-18-5-3-2-4-17(18)27-33(30,31)19-10-14(6-8-16(19)22)21(29)26-15-7-9-20(24-11-15)28-13-23-12-25-28/h2-13,27H,1H3,(H,26,29). The summed E-state index contributed by atoms with van der Waals surface area (Å²) in [5.74, 6) is 0.330. The van der Waals surface area contributed by atoms with Crippen molar-refractivity contribution in [2.45, 2.75) is 4.90 Å². The lowest BCUT2D eigenvalue weighted by molar-refractivity contribution is 0.102. The number of hydrogen-bond donors (Lipinski definition) is 2. The van der Waals surface area contributed by atoms with E-state index in [1.54, 1.807) is 36.4 Å². The second-order valence-corrected chi connectivity index (χ2v) is 8.71. The maximum atomic E-state index is 13.0. The summed E-state index contributed by atoms with van der Waals surface area (Å²) in [5, 5.41) is 6.62. The average molecular weight is 485 g/mol. The highest BCUT2D eigenvalue weighted by molar-refractivity contribution is 7.92. The number of nitrogens with one attached hydrogen (secondary N) is 2. The molecule has 0 aliphatic carbocycles. The van der Waals surface area contributed by atoms with Crippen molar-refractivity contribution in [2.75, 3.05) is 17.1 Å². The van der Waals surface area contributed by atoms with Crippen LogP contribution in [0.3, 0.4) is 0 Å². The number of anilines is 2. The van der Waals surface area contributed by atoms with E-state index in [0.29, 0.717) is 17.3 Å². The lowest BCUT2D eigenvalue weighted by Gasteiger charge is -2.13. The van der Waals surface area contributed by atoms with Gasteiger partial charge in [-0.25, -0.2) is 23.1 Å². The van der Waals surface area contributed by atoms with E-state index in [-0.39, 0.29) is 21.2 Å². The number of halogens is 1. The number of carbonyl (C=O) groups is 1. The SMILES string of the molecule is COc1ccccc1NS(=O)(=O)c1cc(C(=O)Nc2ccc(-n3cncn3)nc2)ccc1Cl. The van der Waals surface area contributed by atoms with Crippen molar-refractivity contribution in [3.8, 4) is 11.6 Å². The van der Waals surface area contributed by atoms with Crippen molar-refractivity contribution in [1.29, 1.82) is 0 Å². The van der Waals surface area contributed by atoms with Crippen LogP contribution in [0.25, 0.3) is 5.82 Å². The van der Waals surface area contributed by atoms with Gasteiger partial charge in [-0.3, -0.25) is 9.52 Å². The van der Waals surface area contributed by atoms with E-state index in [9.17, 15) is 13.2 Å². The largest absolute Gasteiger partial charge is 0.495 e. The van der Waals surface area contributed by atoms with Gasteiger partial charge in [-0.2, -0.15) is 5.10 Å². The fraction of sp³-hybridized carbons (Fsp3) is 0.0476. The van der Waals surface area contributed by atoms with Crippen molar-refractivity contribution in [3.05, 3.63) is 84.0 Å². The molecule has 10 nitrogen and oxygen atoms in total. The molecule has 0 saturated carbocycles. The van der Waals surface area contributed by atoms with Crippen LogP contribution in [0.15, 0.2) is 78.3 Å². The molecule has 33 heavy (non-hydrogen) atoms. The van der Waals surface area contributed by atoms with Gasteiger partial charge in [0.1, 0.15) is 23.3 Å². The van der Waals surface area contributed by atoms with Crippen LogP contribution in [-0.2, 0) is 10.0 Å². The van der Waals surface area contributed by atoms with Crippen LogP contribution in [-0.4, -0.2) is 41.2 Å². The zero-order valence-corrected chi connectivity index (χ0v) is 18.7. The molecule has 2 heterocycles. The summed E-state index contributed by atoms with van der Waals surface area (Å²) in [6.07, 6.45) is 4.33. The van der Waals surface area contributed by atoms with Crippen LogP contribution in [0.1, 0.15) is 10.4 Å². The number of aromatic nitrogens is 4. The molecule has 12 heteroatoms. The van der Waals surface area contributed by atoms with E-state index in [4.69, 9.17) is 16.3 Å². The first kappa shape index (κ1) is 22.2. The molecule has 168 valence electrons. The van der Waals surface area contributed by atoms with Crippen LogP contribution in [0.4, 0.5) is 11.4 Å². The highest BCUT2D eigenvalue weighted by Crippen LogP contribution is 2.29. The summed E-state index contributed by atoms with van der Waals surface area (Å²) < 4.78 is 35.0. The molecular weight excluding hydrogens is 468 g/mol. The van der Waals surface area contributed by atoms with E-state index < -0.39 is 15.9 Å². The van der Waals surface area contributed by atoms with Crippen LogP contribution >= 0.6 is 11.6 Å². The first-order valence-electron chi connectivity index (χ1n) is 9.45. The Labute approximate surface area is 194 Å². The summed E-state index contributed by atoms with van der Waals surface area (Å²) in [5.41, 5.74) is 0.750. The minimum atomic E-state index is -4.11. The number of amides is 1. The minimum Gasteiger partial charge on any atom is -0.495 e. The monoisotopic (exact) mass is 484 g/mol. The molecule has 0 bridgehead atoms. The second kappa shape index (κ2) is 9.27. The van der Waals surface area contributed by atoms with E-state index in [0.717, 1.165) is 0 Å². The smallest absolute Gasteiger partial charge is 0.263 e. The highest BCUT2D eigenvalue weighted by Gasteiger charge is 2.22. The molecule has 0 unspecified atom stereocenters. The van der Waals surface area contributed by atoms with Gasteiger partial charge in [-0.1, -0.05) is 23.7 Å². The Bertz CT molecular complexity index is 1390. The summed E-state index contributed by atoms with van der Waals surface area (Å²) in [4.78, 5) is 20.5. The van der Waals surface area contributed by atoms with Gasteiger partial charge >= 0.3 is 0 Å². The van der Waals surface area contributed by atoms with E-state index in [1.807, 2.05) is 0 Å². The molecule has 0 aliphatic rings. The lowest BCUT2D eigenvalue weighted by Crippen LogP contribution is -2.17. The molecule has 0 fully saturated rings. The normalized spacial score (nSPS) is 11.1. The predicted molar refractivity (Wildman–Crippen MR) is 122 cm³/mol. The van der Waals surface area contributed by atoms with E-state index in [1.165, 1.54) is 48.8 Å². The summed E-state index contributed by atoms with van der Waals surface area (Å²) >= 11 is 6.15. The van der Waals surface area contributed by atoms with Crippen molar-refractivity contribution >= 4 is 38.9 Å². The summed E-state index contributed by atoms with van der Waals surface area (Å²) in [7, 11) is -2.68. The zero-order valence-electron chi connectivity index (χ0n) is 17.1. The molecule has 2 aromatic heterocycles. The number of nitrogens with zero attached hydrogens (tertiary/aromatic N) is 4. The van der Waals surface area contributed by atoms with Gasteiger partial charge < -0.3 is 10.1 Å². The Hall–Kier alpha value is -3.96. The molecule has 4 aromatic rings. The Morgan fingerprint density at radius 3 is 2.64 bits per heavy atom. The van der Waals surface area contributed by atoms with Gasteiger partial charge in [0.05, 0.1) is 29.7 Å². The molecule has 0 spiro atoms. The highest BCUT2D eigenvalue weighted by atomic mass is 35.5. The van der Waals surface area contributed by atoms with Gasteiger partial charge in [0.15, 0.2) is 5.82 Å². The molecule has 1 amide bonds. The summed E-state index contributed by atoms with van der Waals surface area (Å²) in [6.45, 7) is 0. The molecule has 0 aliphatic heterocycles. The number of para-hydroxylation sites is 2. The third-order valence-electron chi connectivity index (χ3n) is 4.49. The van der Waals surface area contributed by atoms with Gasteiger partial charge in [0.2, 0.25) is 0 Å². The molecular formula is C21H17ClN6O4S. The number of hydrogen-bond acceptors (Lipinski definition) is 7. The van der Waals surface area contributed by atoms with Crippen molar-refractivity contribution in [2.24, 2.45) is 0 Å². The maximum Gasteiger partial charge on any atom is 0.263 e. The fourth-order valence-electron chi connectivity index (χ4n) is 2.90. The Morgan fingerprint density at radius 2 is 1.94 bits per heavy atom. The van der Waals surface area contributed by atoms with Crippen molar-refractivity contribution in [1.82, 2.24) is 19.7 Å². The molecule has 0 atom stereocenters. The molecule has 0 radical (unpaired) electrons. The third-order valence-corrected chi connectivity index (χ3v) is 6.34. The second-order valence-electron chi connectivity index (χ2n) is 6.65. The maximum absolute atomic E-state index is 13.0. The number of ether oxygens (including phenoxy) is 1. The fourth-order valence-corrected chi connectivity index (χ4v) is 4.50. The lowest BCUT2D eigenvalue weighted by atomic mass is 10.2. The Balaban J connectivity index is 1.55. The van der Waals surface area contributed by atoms with Crippen LogP contribution in [0, 0.1) is 0 Å². The quantitative estimate of drug-likeness (QED) is 0.411. The van der Waals surface area contributed by atoms with E-state index in [2.05, 4.69) is 25.1 Å². The number of rotatable bonds is 7. The molecule has 0 saturated heterocycles. The van der Waals surface area contributed by atoms with Crippen molar-refractivity contribution < 1.29 is 17.9 Å². The number of sulfonamides is 1. The first-order valence-corrected chi connectivity index (χ1v) is 11.3. The Kier molecular flexibility index (Phi) is 6.24. The molecule has 2 aromatic carbocycles. The Morgan fingerprint density at radius 1 is 1.12 bits per heavy atom. The summed E-state index contributed by atoms with van der Waals surface area (Å²) in [6, 6.07) is 13.8. The first-order chi connectivity index (χ1) is 15.9. The number of carbonyl (C=O) groups excluding carboxylic acids is 1. The molecule has 4 rings (SSSR count). The van der Waals surface area contributed by atoms with Crippen LogP contribution in [0.5, 0.6) is 5.75 Å². The van der Waals surface area contributed by atoms with Gasteiger partial charge in [-0.05, 0) is 42.5 Å². The van der Waals surface area contributed by atoms with Crippen molar-refractivity contribution in [3.63, 3.8) is 0 Å². The third kappa shape index (κ3) is 4.94. The van der Waals surface area contributed by atoms with Crippen LogP contribution < -0.4 is 14.8 Å². The van der Waals surface area contributed by atoms with Gasteiger partial charge in [0.25, 0.3) is 15.9 Å². The number of pyridine rings is 1. The average Bonchev–Trinajstić information content (AvgIpc) is 3.35. The zero-order chi connectivity index (χ0) is 23.4. The number of benzene rings is 2. The topological polar surface area (TPSA) is 128 Å². The minimum absolute atomic E-state index is 0.0344.